The smallest absolute Gasteiger partial charge is 0.217 e. The molecular formula is C9H18N2O3. The fraction of sp³-hybridized carbons (Fsp3) is 0.778. The van der Waals surface area contributed by atoms with Crippen molar-refractivity contribution in [1.82, 2.24) is 5.32 Å². The Labute approximate surface area is 84.3 Å². The maximum Gasteiger partial charge on any atom is 0.217 e. The fourth-order valence-electron chi connectivity index (χ4n) is 1.31. The fourth-order valence-corrected chi connectivity index (χ4v) is 1.31. The summed E-state index contributed by atoms with van der Waals surface area (Å²) in [7, 11) is 5.80. The van der Waals surface area contributed by atoms with Crippen molar-refractivity contribution in [2.75, 3.05) is 27.7 Å². The summed E-state index contributed by atoms with van der Waals surface area (Å²) in [6.45, 7) is 1.94. The largest absolute Gasteiger partial charge is 0.550 e. The molecule has 0 saturated carbocycles. The van der Waals surface area contributed by atoms with Crippen LogP contribution in [0.25, 0.3) is 0 Å². The predicted molar refractivity (Wildman–Crippen MR) is 50.1 cm³/mol. The van der Waals surface area contributed by atoms with Crippen LogP contribution in [0.3, 0.4) is 0 Å². The number of quaternary nitrogens is 1. The summed E-state index contributed by atoms with van der Waals surface area (Å²) in [4.78, 5) is 21.2. The number of amides is 1. The molecule has 0 bridgehead atoms. The highest BCUT2D eigenvalue weighted by atomic mass is 16.4. The van der Waals surface area contributed by atoms with Crippen molar-refractivity contribution in [3.8, 4) is 0 Å². The highest BCUT2D eigenvalue weighted by Crippen LogP contribution is 1.99. The minimum atomic E-state index is -1.14. The molecule has 0 unspecified atom stereocenters. The van der Waals surface area contributed by atoms with Crippen molar-refractivity contribution in [3.63, 3.8) is 0 Å². The van der Waals surface area contributed by atoms with Crippen LogP contribution < -0.4 is 10.4 Å². The van der Waals surface area contributed by atoms with E-state index in [9.17, 15) is 14.7 Å². The van der Waals surface area contributed by atoms with Gasteiger partial charge >= 0.3 is 0 Å². The Balaban J connectivity index is 4.24. The number of nitrogens with zero attached hydrogens (tertiary/aromatic N) is 1. The highest BCUT2D eigenvalue weighted by molar-refractivity contribution is 5.74. The lowest BCUT2D eigenvalue weighted by atomic mass is 10.2. The molecule has 82 valence electrons. The molecule has 1 N–H and O–H groups in total. The number of rotatable bonds is 5. The van der Waals surface area contributed by atoms with Crippen molar-refractivity contribution in [2.45, 2.75) is 19.4 Å². The van der Waals surface area contributed by atoms with Gasteiger partial charge in [-0.15, -0.1) is 0 Å². The molecule has 1 atom stereocenters. The van der Waals surface area contributed by atoms with Gasteiger partial charge in [-0.1, -0.05) is 0 Å². The van der Waals surface area contributed by atoms with E-state index in [-0.39, 0.29) is 18.4 Å². The van der Waals surface area contributed by atoms with Gasteiger partial charge in [0.1, 0.15) is 0 Å². The van der Waals surface area contributed by atoms with Crippen molar-refractivity contribution >= 4 is 11.9 Å². The maximum absolute atomic E-state index is 10.8. The van der Waals surface area contributed by atoms with E-state index >= 15 is 0 Å². The first-order valence-corrected chi connectivity index (χ1v) is 4.48. The summed E-state index contributed by atoms with van der Waals surface area (Å²) in [5.41, 5.74) is 0. The van der Waals surface area contributed by atoms with E-state index in [2.05, 4.69) is 5.32 Å². The predicted octanol–water partition coefficient (Wildman–Crippen LogP) is -1.66. The molecule has 0 heterocycles. The minimum absolute atomic E-state index is 0.144. The monoisotopic (exact) mass is 202 g/mol. The summed E-state index contributed by atoms with van der Waals surface area (Å²) in [6.07, 6.45) is -0.144. The lowest BCUT2D eigenvalue weighted by molar-refractivity contribution is -0.871. The summed E-state index contributed by atoms with van der Waals surface area (Å²) in [5, 5.41) is 13.0. The minimum Gasteiger partial charge on any atom is -0.550 e. The van der Waals surface area contributed by atoms with Crippen LogP contribution in [-0.2, 0) is 9.59 Å². The average molecular weight is 202 g/mol. The SMILES string of the molecule is CC(=O)N[C@@H](CC(=O)[O-])C[N+](C)(C)C. The molecule has 0 aromatic carbocycles. The normalized spacial score (nSPS) is 13.4. The number of hydrogen-bond donors (Lipinski definition) is 1. The number of aliphatic carboxylic acids is 1. The molecule has 0 aliphatic rings. The maximum atomic E-state index is 10.8. The number of carbonyl (C=O) groups is 2. The third-order valence-electron chi connectivity index (χ3n) is 1.59. The Morgan fingerprint density at radius 3 is 2.14 bits per heavy atom. The van der Waals surface area contributed by atoms with E-state index in [4.69, 9.17) is 0 Å². The molecule has 0 aromatic heterocycles. The molecule has 1 amide bonds. The van der Waals surface area contributed by atoms with Crippen LogP contribution in [0.15, 0.2) is 0 Å². The van der Waals surface area contributed by atoms with E-state index in [1.165, 1.54) is 6.92 Å². The molecule has 0 radical (unpaired) electrons. The average Bonchev–Trinajstić information content (AvgIpc) is 1.77. The number of carboxylic acid groups (broad SMARTS) is 1. The topological polar surface area (TPSA) is 69.2 Å². The Morgan fingerprint density at radius 1 is 1.36 bits per heavy atom. The lowest BCUT2D eigenvalue weighted by Gasteiger charge is -2.29. The second kappa shape index (κ2) is 4.95. The molecule has 5 nitrogen and oxygen atoms in total. The second-order valence-corrected chi connectivity index (χ2v) is 4.45. The number of hydrogen-bond acceptors (Lipinski definition) is 3. The second-order valence-electron chi connectivity index (χ2n) is 4.45. The van der Waals surface area contributed by atoms with Crippen LogP contribution in [0.1, 0.15) is 13.3 Å². The molecule has 0 fully saturated rings. The van der Waals surface area contributed by atoms with Gasteiger partial charge in [0.05, 0.1) is 33.7 Å². The molecule has 0 spiro atoms. The molecule has 0 aliphatic carbocycles. The highest BCUT2D eigenvalue weighted by Gasteiger charge is 2.18. The third-order valence-corrected chi connectivity index (χ3v) is 1.59. The summed E-state index contributed by atoms with van der Waals surface area (Å²) < 4.78 is 0.595. The Hall–Kier alpha value is -1.10. The molecule has 0 rings (SSSR count). The molecule has 5 heteroatoms. The van der Waals surface area contributed by atoms with Gasteiger partial charge in [-0.2, -0.15) is 0 Å². The lowest BCUT2D eigenvalue weighted by Crippen LogP contribution is -2.50. The van der Waals surface area contributed by atoms with Crippen LogP contribution >= 0.6 is 0 Å². The van der Waals surface area contributed by atoms with E-state index in [1.54, 1.807) is 0 Å². The number of carbonyl (C=O) groups excluding carboxylic acids is 2. The Bertz CT molecular complexity index is 205. The summed E-state index contributed by atoms with van der Waals surface area (Å²) in [6, 6.07) is -0.363. The first-order valence-electron chi connectivity index (χ1n) is 4.48. The van der Waals surface area contributed by atoms with Gasteiger partial charge in [-0.3, -0.25) is 4.79 Å². The van der Waals surface area contributed by atoms with Crippen molar-refractivity contribution in [2.24, 2.45) is 0 Å². The van der Waals surface area contributed by atoms with Crippen LogP contribution in [0.5, 0.6) is 0 Å². The Kier molecular flexibility index (Phi) is 4.56. The summed E-state index contributed by atoms with van der Waals surface area (Å²) in [5.74, 6) is -1.36. The van der Waals surface area contributed by atoms with Gasteiger partial charge in [0.2, 0.25) is 5.91 Å². The van der Waals surface area contributed by atoms with Gasteiger partial charge in [-0.25, -0.2) is 0 Å². The van der Waals surface area contributed by atoms with E-state index in [0.29, 0.717) is 11.0 Å². The number of carboxylic acids is 1. The molecule has 0 aliphatic heterocycles. The van der Waals surface area contributed by atoms with Crippen LogP contribution in [0.4, 0.5) is 0 Å². The van der Waals surface area contributed by atoms with Crippen molar-refractivity contribution in [1.29, 1.82) is 0 Å². The first kappa shape index (κ1) is 12.9. The van der Waals surface area contributed by atoms with Crippen LogP contribution in [-0.4, -0.2) is 50.1 Å². The van der Waals surface area contributed by atoms with Crippen LogP contribution in [0.2, 0.25) is 0 Å². The zero-order chi connectivity index (χ0) is 11.4. The number of likely N-dealkylation sites (N-methyl/N-ethyl adjacent to an activating group) is 1. The molecule has 14 heavy (non-hydrogen) atoms. The van der Waals surface area contributed by atoms with E-state index in [1.807, 2.05) is 21.1 Å². The van der Waals surface area contributed by atoms with Crippen molar-refractivity contribution < 1.29 is 19.2 Å². The summed E-state index contributed by atoms with van der Waals surface area (Å²) >= 11 is 0. The van der Waals surface area contributed by atoms with E-state index < -0.39 is 5.97 Å². The van der Waals surface area contributed by atoms with Crippen molar-refractivity contribution in [3.05, 3.63) is 0 Å². The third kappa shape index (κ3) is 7.54. The molecular weight excluding hydrogens is 184 g/mol. The molecule has 0 aromatic rings. The van der Waals surface area contributed by atoms with E-state index in [0.717, 1.165) is 0 Å². The van der Waals surface area contributed by atoms with Gasteiger partial charge in [0, 0.05) is 19.3 Å². The first-order chi connectivity index (χ1) is 6.20. The quantitative estimate of drug-likeness (QED) is 0.542. The zero-order valence-corrected chi connectivity index (χ0v) is 9.16. The van der Waals surface area contributed by atoms with Gasteiger partial charge in [-0.05, 0) is 0 Å². The van der Waals surface area contributed by atoms with Crippen LogP contribution in [0, 0.1) is 0 Å². The van der Waals surface area contributed by atoms with Gasteiger partial charge < -0.3 is 19.7 Å². The zero-order valence-electron chi connectivity index (χ0n) is 9.16. The standard InChI is InChI=1S/C9H18N2O3/c1-7(12)10-8(5-9(13)14)6-11(2,3)4/h8H,5-6H2,1-4H3,(H-,10,12,13,14)/t8-/m0/s1. The van der Waals surface area contributed by atoms with Gasteiger partial charge in [0.15, 0.2) is 0 Å². The number of nitrogens with one attached hydrogen (secondary N) is 1. The van der Waals surface area contributed by atoms with Gasteiger partial charge in [0.25, 0.3) is 0 Å². The Morgan fingerprint density at radius 2 is 1.86 bits per heavy atom. The molecule has 0 saturated heterocycles.